The van der Waals surface area contributed by atoms with Crippen molar-refractivity contribution in [1.82, 2.24) is 0 Å². The van der Waals surface area contributed by atoms with Gasteiger partial charge < -0.3 is 9.84 Å². The first kappa shape index (κ1) is 14.1. The number of rotatable bonds is 3. The summed E-state index contributed by atoms with van der Waals surface area (Å²) in [6.07, 6.45) is 0.797. The Labute approximate surface area is 127 Å². The van der Waals surface area contributed by atoms with Crippen LogP contribution in [0.2, 0.25) is 0 Å². The Morgan fingerprint density at radius 3 is 2.18 bits per heavy atom. The Kier molecular flexibility index (Phi) is 3.74. The van der Waals surface area contributed by atoms with Crippen molar-refractivity contribution in [3.63, 3.8) is 0 Å². The molecule has 2 atom stereocenters. The van der Waals surface area contributed by atoms with E-state index in [1.165, 1.54) is 0 Å². The Hall–Kier alpha value is -2.88. The smallest absolute Gasteiger partial charge is 0.335 e. The lowest BCUT2D eigenvalue weighted by molar-refractivity contribution is -0.144. The van der Waals surface area contributed by atoms with Gasteiger partial charge in [0.05, 0.1) is 5.57 Å². The second-order valence-electron chi connectivity index (χ2n) is 5.06. The number of hydrogen-bond donors (Lipinski definition) is 1. The lowest BCUT2D eigenvalue weighted by atomic mass is 9.90. The fourth-order valence-corrected chi connectivity index (χ4v) is 2.58. The third-order valence-corrected chi connectivity index (χ3v) is 3.62. The molecule has 4 heteroatoms. The van der Waals surface area contributed by atoms with Crippen LogP contribution in [0.3, 0.4) is 0 Å². The van der Waals surface area contributed by atoms with Gasteiger partial charge in [-0.25, -0.2) is 4.79 Å². The standard InChI is InChI=1S/C18H14O4/c19-17(20)15-14(11-12-7-3-1-4-8-12)18(21)22-16(15)13-9-5-2-6-10-13/h1-11,15-16H,(H,19,20)/b14-11-/t15-,16+/m1/s1. The monoisotopic (exact) mass is 294 g/mol. The van der Waals surface area contributed by atoms with E-state index in [-0.39, 0.29) is 5.57 Å². The highest BCUT2D eigenvalue weighted by molar-refractivity contribution is 6.02. The average molecular weight is 294 g/mol. The third kappa shape index (κ3) is 2.63. The van der Waals surface area contributed by atoms with Crippen molar-refractivity contribution in [2.24, 2.45) is 5.92 Å². The Morgan fingerprint density at radius 2 is 1.59 bits per heavy atom. The molecule has 2 aromatic carbocycles. The first-order valence-electron chi connectivity index (χ1n) is 6.92. The van der Waals surface area contributed by atoms with Crippen LogP contribution < -0.4 is 0 Å². The molecule has 1 N–H and O–H groups in total. The molecule has 4 nitrogen and oxygen atoms in total. The van der Waals surface area contributed by atoms with E-state index in [0.29, 0.717) is 5.56 Å². The van der Waals surface area contributed by atoms with Gasteiger partial charge in [0.1, 0.15) is 12.0 Å². The molecule has 0 aliphatic carbocycles. The van der Waals surface area contributed by atoms with Gasteiger partial charge in [-0.15, -0.1) is 0 Å². The zero-order valence-corrected chi connectivity index (χ0v) is 11.7. The van der Waals surface area contributed by atoms with Crippen molar-refractivity contribution >= 4 is 18.0 Å². The minimum atomic E-state index is -1.07. The summed E-state index contributed by atoms with van der Waals surface area (Å²) in [6.45, 7) is 0. The van der Waals surface area contributed by atoms with Crippen molar-refractivity contribution in [2.45, 2.75) is 6.10 Å². The maximum Gasteiger partial charge on any atom is 0.335 e. The molecule has 1 saturated heterocycles. The van der Waals surface area contributed by atoms with Gasteiger partial charge in [-0.3, -0.25) is 4.79 Å². The van der Waals surface area contributed by atoms with Crippen molar-refractivity contribution in [3.05, 3.63) is 77.4 Å². The number of carbonyl (C=O) groups excluding carboxylic acids is 1. The van der Waals surface area contributed by atoms with Crippen LogP contribution in [-0.4, -0.2) is 17.0 Å². The molecule has 2 aromatic rings. The summed E-state index contributed by atoms with van der Waals surface area (Å²) in [4.78, 5) is 23.8. The van der Waals surface area contributed by atoms with Gasteiger partial charge in [-0.2, -0.15) is 0 Å². The fraction of sp³-hybridized carbons (Fsp3) is 0.111. The molecule has 22 heavy (non-hydrogen) atoms. The predicted octanol–water partition coefficient (Wildman–Crippen LogP) is 3.07. The van der Waals surface area contributed by atoms with E-state index in [1.54, 1.807) is 30.3 Å². The highest BCUT2D eigenvalue weighted by atomic mass is 16.6. The number of carbonyl (C=O) groups is 2. The number of cyclic esters (lactones) is 1. The Morgan fingerprint density at radius 1 is 1.00 bits per heavy atom. The van der Waals surface area contributed by atoms with Crippen LogP contribution in [0.5, 0.6) is 0 Å². The van der Waals surface area contributed by atoms with Crippen LogP contribution in [0.1, 0.15) is 17.2 Å². The highest BCUT2D eigenvalue weighted by Gasteiger charge is 2.45. The van der Waals surface area contributed by atoms with Gasteiger partial charge >= 0.3 is 11.9 Å². The van der Waals surface area contributed by atoms with Crippen molar-refractivity contribution in [1.29, 1.82) is 0 Å². The second kappa shape index (κ2) is 5.85. The number of hydrogen-bond acceptors (Lipinski definition) is 3. The molecular weight excluding hydrogens is 280 g/mol. The van der Waals surface area contributed by atoms with Crippen LogP contribution in [0.25, 0.3) is 6.08 Å². The van der Waals surface area contributed by atoms with Crippen LogP contribution in [0.4, 0.5) is 0 Å². The van der Waals surface area contributed by atoms with Crippen molar-refractivity contribution < 1.29 is 19.4 Å². The first-order chi connectivity index (χ1) is 10.7. The van der Waals surface area contributed by atoms with Crippen LogP contribution in [0, 0.1) is 5.92 Å². The molecule has 0 radical (unpaired) electrons. The number of aliphatic carboxylic acids is 1. The molecule has 0 bridgehead atoms. The third-order valence-electron chi connectivity index (χ3n) is 3.62. The number of ether oxygens (including phenoxy) is 1. The van der Waals surface area contributed by atoms with Crippen molar-refractivity contribution in [3.8, 4) is 0 Å². The first-order valence-corrected chi connectivity index (χ1v) is 6.92. The number of carboxylic acid groups (broad SMARTS) is 1. The van der Waals surface area contributed by atoms with E-state index < -0.39 is 24.0 Å². The molecule has 0 aromatic heterocycles. The highest BCUT2D eigenvalue weighted by Crippen LogP contribution is 2.39. The topological polar surface area (TPSA) is 63.6 Å². The predicted molar refractivity (Wildman–Crippen MR) is 80.8 cm³/mol. The van der Waals surface area contributed by atoms with E-state index in [9.17, 15) is 14.7 Å². The molecule has 3 rings (SSSR count). The van der Waals surface area contributed by atoms with Gasteiger partial charge in [0.25, 0.3) is 0 Å². The summed E-state index contributed by atoms with van der Waals surface area (Å²) < 4.78 is 5.32. The molecule has 1 aliphatic rings. The quantitative estimate of drug-likeness (QED) is 0.698. The molecule has 0 saturated carbocycles. The molecule has 0 unspecified atom stereocenters. The van der Waals surface area contributed by atoms with E-state index in [4.69, 9.17) is 4.74 Å². The minimum Gasteiger partial charge on any atom is -0.481 e. The lowest BCUT2D eigenvalue weighted by Crippen LogP contribution is -2.19. The SMILES string of the molecule is O=C1O[C@@H](c2ccccc2)[C@H](C(=O)O)/C1=C/c1ccccc1. The molecule has 0 amide bonds. The van der Waals surface area contributed by atoms with Crippen molar-refractivity contribution in [2.75, 3.05) is 0 Å². The van der Waals surface area contributed by atoms with E-state index in [2.05, 4.69) is 0 Å². The fourth-order valence-electron chi connectivity index (χ4n) is 2.58. The van der Waals surface area contributed by atoms with Gasteiger partial charge in [0.15, 0.2) is 0 Å². The average Bonchev–Trinajstić information content (AvgIpc) is 2.86. The largest absolute Gasteiger partial charge is 0.481 e. The maximum atomic E-state index is 12.1. The zero-order chi connectivity index (χ0) is 15.5. The van der Waals surface area contributed by atoms with Gasteiger partial charge in [0, 0.05) is 0 Å². The summed E-state index contributed by atoms with van der Waals surface area (Å²) in [5.74, 6) is -2.65. The zero-order valence-electron chi connectivity index (χ0n) is 11.7. The Balaban J connectivity index is 2.02. The number of esters is 1. The van der Waals surface area contributed by atoms with E-state index in [1.807, 2.05) is 36.4 Å². The Bertz CT molecular complexity index is 719. The summed E-state index contributed by atoms with van der Waals surface area (Å²) in [5, 5.41) is 9.54. The number of carboxylic acids is 1. The van der Waals surface area contributed by atoms with Gasteiger partial charge in [0.2, 0.25) is 0 Å². The van der Waals surface area contributed by atoms with E-state index >= 15 is 0 Å². The van der Waals surface area contributed by atoms with E-state index in [0.717, 1.165) is 5.56 Å². The maximum absolute atomic E-state index is 12.1. The van der Waals surface area contributed by atoms with Gasteiger partial charge in [-0.1, -0.05) is 60.7 Å². The summed E-state index contributed by atoms with van der Waals surface area (Å²) in [7, 11) is 0. The summed E-state index contributed by atoms with van der Waals surface area (Å²) in [5.41, 5.74) is 1.63. The number of benzene rings is 2. The molecule has 1 fully saturated rings. The van der Waals surface area contributed by atoms with Gasteiger partial charge in [-0.05, 0) is 17.2 Å². The second-order valence-corrected chi connectivity index (χ2v) is 5.06. The summed E-state index contributed by atoms with van der Waals surface area (Å²) >= 11 is 0. The molecule has 110 valence electrons. The van der Waals surface area contributed by atoms with Crippen LogP contribution in [-0.2, 0) is 14.3 Å². The lowest BCUT2D eigenvalue weighted by Gasteiger charge is -2.14. The normalized spacial score (nSPS) is 22.5. The molecule has 1 aliphatic heterocycles. The molecule has 0 spiro atoms. The molecular formula is C18H14O4. The minimum absolute atomic E-state index is 0.174. The van der Waals surface area contributed by atoms with Crippen LogP contribution in [0.15, 0.2) is 66.2 Å². The summed E-state index contributed by atoms with van der Waals surface area (Å²) in [6, 6.07) is 18.1. The van der Waals surface area contributed by atoms with Crippen LogP contribution >= 0.6 is 0 Å². The molecule has 1 heterocycles.